The number of halogens is 1. The first-order valence-electron chi connectivity index (χ1n) is 14.3. The first-order chi connectivity index (χ1) is 20.4. The molecule has 0 aliphatic carbocycles. The summed E-state index contributed by atoms with van der Waals surface area (Å²) in [6, 6.07) is 56.5. The van der Waals surface area contributed by atoms with E-state index < -0.39 is 23.8 Å². The SMILES string of the molecule is [Cl][Pt].c1ccc([PH+](CCC[PH+](c2ccccc2)c2ccccc2)CCC[PH+](c2ccccc2)c2ccccc2)cc1. The standard InChI is InChI=1S/C36H37P3.ClH.Pt/c1-6-18-32(19-7-1)37(28-16-30-38(33-20-8-2-9-21-33)34-22-10-3-11-23-34)29-17-31-39(35-24-12-4-13-25-35)36-26-14-5-15-27-36;;/h1-15,18-27H,16-17,28-31H2;1H;/q;;+1/p+2. The van der Waals surface area contributed by atoms with Gasteiger partial charge in [0.15, 0.2) is 0 Å². The van der Waals surface area contributed by atoms with Gasteiger partial charge < -0.3 is 0 Å². The summed E-state index contributed by atoms with van der Waals surface area (Å²) in [7, 11) is 2.48. The molecular weight excluding hydrogens is 756 g/mol. The molecule has 0 nitrogen and oxygen atoms in total. The molecule has 5 rings (SSSR count). The predicted octanol–water partition coefficient (Wildman–Crippen LogP) is 7.72. The molecule has 0 saturated carbocycles. The van der Waals surface area contributed by atoms with Crippen LogP contribution >= 0.6 is 33.2 Å². The maximum absolute atomic E-state index is 4.61. The van der Waals surface area contributed by atoms with Gasteiger partial charge in [0.1, 0.15) is 0 Å². The summed E-state index contributed by atoms with van der Waals surface area (Å²) in [4.78, 5) is 0. The molecule has 0 aromatic heterocycles. The van der Waals surface area contributed by atoms with E-state index in [4.69, 9.17) is 0 Å². The zero-order chi connectivity index (χ0) is 28.5. The predicted molar refractivity (Wildman–Crippen MR) is 190 cm³/mol. The summed E-state index contributed by atoms with van der Waals surface area (Å²) < 4.78 is 0. The van der Waals surface area contributed by atoms with Crippen LogP contribution in [-0.2, 0) is 18.8 Å². The van der Waals surface area contributed by atoms with Crippen LogP contribution < -0.4 is 26.5 Å². The molecule has 0 bridgehead atoms. The Labute approximate surface area is 266 Å². The quantitative estimate of drug-likeness (QED) is 0.107. The molecule has 0 spiro atoms. The molecule has 0 aliphatic rings. The van der Waals surface area contributed by atoms with Crippen molar-refractivity contribution in [3.05, 3.63) is 152 Å². The fourth-order valence-electron chi connectivity index (χ4n) is 5.51. The third kappa shape index (κ3) is 10.2. The Hall–Kier alpha value is -1.63. The van der Waals surface area contributed by atoms with E-state index in [1.807, 2.05) is 0 Å². The van der Waals surface area contributed by atoms with Gasteiger partial charge in [0.25, 0.3) is 0 Å². The average molecular weight is 796 g/mol. The molecule has 5 aromatic carbocycles. The summed E-state index contributed by atoms with van der Waals surface area (Å²) in [6.45, 7) is 0. The van der Waals surface area contributed by atoms with E-state index in [0.29, 0.717) is 0 Å². The monoisotopic (exact) mass is 795 g/mol. The summed E-state index contributed by atoms with van der Waals surface area (Å²) in [5.41, 5.74) is 0. The normalized spacial score (nSPS) is 11.0. The van der Waals surface area contributed by atoms with Crippen LogP contribution in [0.5, 0.6) is 0 Å². The van der Waals surface area contributed by atoms with Gasteiger partial charge in [-0.25, -0.2) is 0 Å². The minimum Gasteiger partial charge on any atom is -0.0620 e. The van der Waals surface area contributed by atoms with Gasteiger partial charge >= 0.3 is 28.2 Å². The van der Waals surface area contributed by atoms with Crippen LogP contribution in [0.4, 0.5) is 0 Å². The van der Waals surface area contributed by atoms with Crippen molar-refractivity contribution in [1.82, 2.24) is 0 Å². The molecule has 0 N–H and O–H groups in total. The Morgan fingerprint density at radius 1 is 0.341 bits per heavy atom. The summed E-state index contributed by atoms with van der Waals surface area (Å²) in [5, 5.41) is 7.78. The second kappa shape index (κ2) is 18.8. The van der Waals surface area contributed by atoms with Crippen molar-refractivity contribution in [2.75, 3.05) is 24.6 Å². The van der Waals surface area contributed by atoms with E-state index in [-0.39, 0.29) is 0 Å². The maximum atomic E-state index is 4.61. The summed E-state index contributed by atoms with van der Waals surface area (Å²) in [5.74, 6) is 0. The van der Waals surface area contributed by atoms with E-state index in [2.05, 4.69) is 161 Å². The van der Waals surface area contributed by atoms with E-state index in [1.165, 1.54) is 37.5 Å². The van der Waals surface area contributed by atoms with Crippen LogP contribution in [0.3, 0.4) is 0 Å². The zero-order valence-corrected chi connectivity index (χ0v) is 29.4. The topological polar surface area (TPSA) is 0 Å². The van der Waals surface area contributed by atoms with E-state index in [0.717, 1.165) is 0 Å². The summed E-state index contributed by atoms with van der Waals surface area (Å²) >= 11 is 1.61. The first kappa shape index (κ1) is 32.3. The third-order valence-corrected chi connectivity index (χ3v) is 16.4. The largest absolute Gasteiger partial charge is 0.0966 e. The van der Waals surface area contributed by atoms with Crippen molar-refractivity contribution in [1.29, 1.82) is 0 Å². The van der Waals surface area contributed by atoms with Gasteiger partial charge in [-0.2, -0.15) is 0 Å². The van der Waals surface area contributed by atoms with E-state index in [1.54, 1.807) is 45.3 Å². The number of hydrogen-bond acceptors (Lipinski definition) is 0. The smallest absolute Gasteiger partial charge is 0.0620 e. The van der Waals surface area contributed by atoms with Crippen molar-refractivity contribution in [2.45, 2.75) is 12.8 Å². The zero-order valence-electron chi connectivity index (χ0n) is 23.4. The minimum absolute atomic E-state index is 0.606. The fourth-order valence-corrected chi connectivity index (χ4v) is 14.2. The van der Waals surface area contributed by atoms with Crippen LogP contribution in [0, 0.1) is 0 Å². The Morgan fingerprint density at radius 3 is 0.854 bits per heavy atom. The van der Waals surface area contributed by atoms with Gasteiger partial charge in [-0.15, -0.1) is 0 Å². The molecule has 5 aromatic rings. The molecule has 41 heavy (non-hydrogen) atoms. The minimum atomic E-state index is -0.760. The fraction of sp³-hybridized carbons (Fsp3) is 0.167. The van der Waals surface area contributed by atoms with Crippen LogP contribution in [-0.4, -0.2) is 24.6 Å². The average Bonchev–Trinajstić information content (AvgIpc) is 3.07. The third-order valence-electron chi connectivity index (χ3n) is 7.48. The van der Waals surface area contributed by atoms with Crippen molar-refractivity contribution in [3.8, 4) is 0 Å². The number of rotatable bonds is 13. The molecule has 0 aliphatic heterocycles. The van der Waals surface area contributed by atoms with Crippen molar-refractivity contribution in [3.63, 3.8) is 0 Å². The number of benzene rings is 5. The Bertz CT molecular complexity index is 1190. The van der Waals surface area contributed by atoms with Crippen LogP contribution in [0.15, 0.2) is 152 Å². The van der Waals surface area contributed by atoms with Crippen molar-refractivity contribution >= 4 is 59.7 Å². The van der Waals surface area contributed by atoms with E-state index in [9.17, 15) is 0 Å². The molecule has 213 valence electrons. The first-order valence-corrected chi connectivity index (χ1v) is 22.5. The second-order valence-corrected chi connectivity index (χ2v) is 18.1. The molecule has 0 fully saturated rings. The van der Waals surface area contributed by atoms with Gasteiger partial charge in [0, 0.05) is 20.8 Å². The molecular formula is C36H40ClP3Pt+3. The Morgan fingerprint density at radius 2 is 0.585 bits per heavy atom. The molecule has 0 unspecified atom stereocenters. The van der Waals surface area contributed by atoms with Gasteiger partial charge in [0.2, 0.25) is 0 Å². The molecule has 0 saturated heterocycles. The Balaban J connectivity index is 0.00000189. The second-order valence-electron chi connectivity index (χ2n) is 10.1. The van der Waals surface area contributed by atoms with Crippen LogP contribution in [0.2, 0.25) is 0 Å². The van der Waals surface area contributed by atoms with Gasteiger partial charge in [0.05, 0.1) is 67.0 Å². The molecule has 5 heteroatoms. The molecule has 0 heterocycles. The van der Waals surface area contributed by atoms with Crippen molar-refractivity contribution in [2.24, 2.45) is 0 Å². The molecule has 0 atom stereocenters. The Kier molecular flexibility index (Phi) is 14.8. The molecule has 0 radical (unpaired) electrons. The maximum Gasteiger partial charge on any atom is 0.0966 e. The van der Waals surface area contributed by atoms with Gasteiger partial charge in [-0.05, 0) is 60.7 Å². The van der Waals surface area contributed by atoms with Crippen molar-refractivity contribution < 1.29 is 18.8 Å². The van der Waals surface area contributed by atoms with Gasteiger partial charge in [-0.3, -0.25) is 0 Å². The van der Waals surface area contributed by atoms with E-state index >= 15 is 0 Å². The number of hydrogen-bond donors (Lipinski definition) is 0. The summed E-state index contributed by atoms with van der Waals surface area (Å²) in [6.07, 6.45) is 7.97. The van der Waals surface area contributed by atoms with Crippen LogP contribution in [0.25, 0.3) is 0 Å². The molecule has 0 amide bonds. The van der Waals surface area contributed by atoms with Gasteiger partial charge in [-0.1, -0.05) is 91.0 Å². The van der Waals surface area contributed by atoms with Crippen LogP contribution in [0.1, 0.15) is 12.8 Å².